The minimum absolute atomic E-state index is 0.104. The van der Waals surface area contributed by atoms with Gasteiger partial charge >= 0.3 is 0 Å². The Balaban J connectivity index is 1.97. The third-order valence-electron chi connectivity index (χ3n) is 2.65. The van der Waals surface area contributed by atoms with E-state index in [9.17, 15) is 8.42 Å². The van der Waals surface area contributed by atoms with Gasteiger partial charge in [0.1, 0.15) is 10.8 Å². The van der Waals surface area contributed by atoms with Crippen LogP contribution in [-0.2, 0) is 9.84 Å². The third kappa shape index (κ3) is 3.19. The van der Waals surface area contributed by atoms with E-state index in [4.69, 9.17) is 17.3 Å². The lowest BCUT2D eigenvalue weighted by Crippen LogP contribution is -2.16. The summed E-state index contributed by atoms with van der Waals surface area (Å²) in [5, 5.41) is 3.38. The highest BCUT2D eigenvalue weighted by molar-refractivity contribution is 7.91. The van der Waals surface area contributed by atoms with Crippen molar-refractivity contribution in [3.63, 3.8) is 0 Å². The van der Waals surface area contributed by atoms with Crippen molar-refractivity contribution < 1.29 is 8.42 Å². The molecule has 0 saturated carbocycles. The SMILES string of the molecule is Nc1ncc(Cl)c(NCC2CCS(=O)(=O)C2)n1. The summed E-state index contributed by atoms with van der Waals surface area (Å²) < 4.78 is 22.5. The van der Waals surface area contributed by atoms with Crippen LogP contribution in [-0.4, -0.2) is 36.4 Å². The molecule has 94 valence electrons. The van der Waals surface area contributed by atoms with Crippen LogP contribution in [0.2, 0.25) is 5.02 Å². The molecule has 1 aromatic heterocycles. The summed E-state index contributed by atoms with van der Waals surface area (Å²) in [7, 11) is -2.85. The number of sulfone groups is 1. The Kier molecular flexibility index (Phi) is 3.39. The monoisotopic (exact) mass is 276 g/mol. The summed E-state index contributed by atoms with van der Waals surface area (Å²) in [6.45, 7) is 0.523. The van der Waals surface area contributed by atoms with Crippen molar-refractivity contribution in [3.8, 4) is 0 Å². The maximum atomic E-state index is 11.3. The van der Waals surface area contributed by atoms with Gasteiger partial charge in [-0.3, -0.25) is 0 Å². The standard InChI is InChI=1S/C9H13ClN4O2S/c10-7-4-13-9(11)14-8(7)12-3-6-1-2-17(15,16)5-6/h4,6H,1-3,5H2,(H3,11,12,13,14). The van der Waals surface area contributed by atoms with Crippen LogP contribution in [0.1, 0.15) is 6.42 Å². The first kappa shape index (κ1) is 12.4. The highest BCUT2D eigenvalue weighted by Gasteiger charge is 2.27. The lowest BCUT2D eigenvalue weighted by atomic mass is 10.1. The molecule has 0 aromatic carbocycles. The molecule has 2 rings (SSSR count). The Bertz CT molecular complexity index is 520. The van der Waals surface area contributed by atoms with E-state index in [1.54, 1.807) is 0 Å². The Morgan fingerprint density at radius 3 is 3.00 bits per heavy atom. The molecule has 3 N–H and O–H groups in total. The van der Waals surface area contributed by atoms with Crippen LogP contribution in [0.5, 0.6) is 0 Å². The van der Waals surface area contributed by atoms with Crippen molar-refractivity contribution in [2.24, 2.45) is 5.92 Å². The molecule has 1 aliphatic heterocycles. The predicted molar refractivity (Wildman–Crippen MR) is 66.7 cm³/mol. The van der Waals surface area contributed by atoms with Crippen molar-refractivity contribution in [1.82, 2.24) is 9.97 Å². The minimum atomic E-state index is -2.85. The predicted octanol–water partition coefficient (Wildman–Crippen LogP) is 0.559. The summed E-state index contributed by atoms with van der Waals surface area (Å²) in [6, 6.07) is 0. The number of halogens is 1. The molecule has 1 unspecified atom stereocenters. The van der Waals surface area contributed by atoms with Gasteiger partial charge < -0.3 is 11.1 Å². The smallest absolute Gasteiger partial charge is 0.222 e. The molecule has 0 amide bonds. The summed E-state index contributed by atoms with van der Waals surface area (Å²) in [5.41, 5.74) is 5.44. The Morgan fingerprint density at radius 2 is 2.35 bits per heavy atom. The lowest BCUT2D eigenvalue weighted by molar-refractivity contribution is 0.595. The molecular formula is C9H13ClN4O2S. The molecule has 1 atom stereocenters. The molecule has 1 fully saturated rings. The summed E-state index contributed by atoms with van der Waals surface area (Å²) in [4.78, 5) is 7.69. The van der Waals surface area contributed by atoms with Gasteiger partial charge in [0.15, 0.2) is 9.84 Å². The van der Waals surface area contributed by atoms with E-state index in [2.05, 4.69) is 15.3 Å². The highest BCUT2D eigenvalue weighted by atomic mass is 35.5. The molecule has 0 spiro atoms. The molecule has 2 heterocycles. The fraction of sp³-hybridized carbons (Fsp3) is 0.556. The number of nitrogens with zero attached hydrogens (tertiary/aromatic N) is 2. The number of rotatable bonds is 3. The van der Waals surface area contributed by atoms with Gasteiger partial charge in [0, 0.05) is 6.54 Å². The largest absolute Gasteiger partial charge is 0.368 e. The van der Waals surface area contributed by atoms with E-state index < -0.39 is 9.84 Å². The molecule has 1 saturated heterocycles. The number of aromatic nitrogens is 2. The number of nitrogens with one attached hydrogen (secondary N) is 1. The van der Waals surface area contributed by atoms with Crippen LogP contribution in [0.3, 0.4) is 0 Å². The van der Waals surface area contributed by atoms with Crippen molar-refractivity contribution in [2.75, 3.05) is 29.1 Å². The van der Waals surface area contributed by atoms with E-state index in [0.717, 1.165) is 0 Å². The number of nitrogen functional groups attached to an aromatic ring is 1. The first-order valence-corrected chi connectivity index (χ1v) is 7.38. The van der Waals surface area contributed by atoms with Gasteiger partial charge in [0.25, 0.3) is 0 Å². The number of nitrogens with two attached hydrogens (primary N) is 1. The zero-order valence-corrected chi connectivity index (χ0v) is 10.6. The third-order valence-corrected chi connectivity index (χ3v) is 4.76. The fourth-order valence-electron chi connectivity index (χ4n) is 1.78. The van der Waals surface area contributed by atoms with Gasteiger partial charge in [-0.05, 0) is 12.3 Å². The van der Waals surface area contributed by atoms with Crippen molar-refractivity contribution in [3.05, 3.63) is 11.2 Å². The van der Waals surface area contributed by atoms with Gasteiger partial charge in [0.2, 0.25) is 5.95 Å². The second-order valence-corrected chi connectivity index (χ2v) is 6.71. The van der Waals surface area contributed by atoms with E-state index in [-0.39, 0.29) is 23.4 Å². The van der Waals surface area contributed by atoms with E-state index in [1.807, 2.05) is 0 Å². The molecule has 0 aliphatic carbocycles. The normalized spacial score (nSPS) is 22.5. The van der Waals surface area contributed by atoms with Crippen molar-refractivity contribution >= 4 is 33.2 Å². The number of anilines is 2. The molecule has 0 bridgehead atoms. The van der Waals surface area contributed by atoms with Gasteiger partial charge in [-0.1, -0.05) is 11.6 Å². The van der Waals surface area contributed by atoms with Crippen LogP contribution in [0.25, 0.3) is 0 Å². The number of hydrogen-bond acceptors (Lipinski definition) is 6. The van der Waals surface area contributed by atoms with E-state index in [1.165, 1.54) is 6.20 Å². The average Bonchev–Trinajstić information content (AvgIpc) is 2.60. The Morgan fingerprint density at radius 1 is 1.59 bits per heavy atom. The van der Waals surface area contributed by atoms with Crippen LogP contribution < -0.4 is 11.1 Å². The molecule has 17 heavy (non-hydrogen) atoms. The van der Waals surface area contributed by atoms with Crippen LogP contribution in [0, 0.1) is 5.92 Å². The molecule has 6 nitrogen and oxygen atoms in total. The zero-order valence-electron chi connectivity index (χ0n) is 9.06. The van der Waals surface area contributed by atoms with Crippen molar-refractivity contribution in [2.45, 2.75) is 6.42 Å². The Hall–Kier alpha value is -1.08. The van der Waals surface area contributed by atoms with Gasteiger partial charge in [-0.2, -0.15) is 4.98 Å². The van der Waals surface area contributed by atoms with Gasteiger partial charge in [-0.25, -0.2) is 13.4 Å². The first-order chi connectivity index (χ1) is 7.96. The van der Waals surface area contributed by atoms with Crippen LogP contribution in [0.4, 0.5) is 11.8 Å². The topological polar surface area (TPSA) is 98.0 Å². The molecule has 1 aromatic rings. The van der Waals surface area contributed by atoms with E-state index in [0.29, 0.717) is 23.8 Å². The lowest BCUT2D eigenvalue weighted by Gasteiger charge is -2.11. The molecular weight excluding hydrogens is 264 g/mol. The summed E-state index contributed by atoms with van der Waals surface area (Å²) in [5.74, 6) is 1.17. The second-order valence-electron chi connectivity index (χ2n) is 4.07. The molecule has 1 aliphatic rings. The van der Waals surface area contributed by atoms with E-state index >= 15 is 0 Å². The first-order valence-electron chi connectivity index (χ1n) is 5.18. The van der Waals surface area contributed by atoms with Gasteiger partial charge in [-0.15, -0.1) is 0 Å². The second kappa shape index (κ2) is 4.66. The molecule has 0 radical (unpaired) electrons. The minimum Gasteiger partial charge on any atom is -0.368 e. The van der Waals surface area contributed by atoms with Crippen molar-refractivity contribution in [1.29, 1.82) is 0 Å². The van der Waals surface area contributed by atoms with Crippen LogP contribution in [0.15, 0.2) is 6.20 Å². The molecule has 8 heteroatoms. The van der Waals surface area contributed by atoms with Crippen LogP contribution >= 0.6 is 11.6 Å². The quantitative estimate of drug-likeness (QED) is 0.837. The number of hydrogen-bond donors (Lipinski definition) is 2. The zero-order chi connectivity index (χ0) is 12.5. The summed E-state index contributed by atoms with van der Waals surface area (Å²) in [6.07, 6.45) is 2.09. The van der Waals surface area contributed by atoms with Gasteiger partial charge in [0.05, 0.1) is 17.7 Å². The average molecular weight is 277 g/mol. The fourth-order valence-corrected chi connectivity index (χ4v) is 3.80. The highest BCUT2D eigenvalue weighted by Crippen LogP contribution is 2.22. The summed E-state index contributed by atoms with van der Waals surface area (Å²) >= 11 is 5.88. The maximum Gasteiger partial charge on any atom is 0.222 e. The maximum absolute atomic E-state index is 11.3. The Labute approximate surface area is 105 Å².